The maximum atomic E-state index is 10.5. The molecule has 2 heterocycles. The van der Waals surface area contributed by atoms with Gasteiger partial charge in [0.05, 0.1) is 24.4 Å². The normalized spacial score (nSPS) is 21.1. The van der Waals surface area contributed by atoms with Crippen molar-refractivity contribution in [3.63, 3.8) is 0 Å². The zero-order chi connectivity index (χ0) is 9.26. The zero-order valence-corrected chi connectivity index (χ0v) is 7.08. The topological polar surface area (TPSA) is 78.0 Å². The molecule has 2 rings (SSSR count). The number of nitrogens with one attached hydrogen (secondary N) is 2. The van der Waals surface area contributed by atoms with Gasteiger partial charge in [0.25, 0.3) is 0 Å². The van der Waals surface area contributed by atoms with Crippen LogP contribution in [0.4, 0.5) is 0 Å². The van der Waals surface area contributed by atoms with Gasteiger partial charge in [-0.25, -0.2) is 0 Å². The number of fused-ring (bicyclic) bond motifs is 1. The van der Waals surface area contributed by atoms with Gasteiger partial charge in [0.2, 0.25) is 0 Å². The SMILES string of the molecule is O=C(O)CC1NCCc2cn[nH]c21. The molecule has 0 fully saturated rings. The van der Waals surface area contributed by atoms with E-state index in [1.54, 1.807) is 6.20 Å². The maximum absolute atomic E-state index is 10.5. The Balaban J connectivity index is 2.20. The number of hydrogen-bond donors (Lipinski definition) is 3. The summed E-state index contributed by atoms with van der Waals surface area (Å²) in [5.74, 6) is -0.792. The van der Waals surface area contributed by atoms with Crippen LogP contribution in [0.3, 0.4) is 0 Å². The van der Waals surface area contributed by atoms with E-state index in [2.05, 4.69) is 15.5 Å². The molecule has 0 spiro atoms. The second-order valence-electron chi connectivity index (χ2n) is 3.16. The lowest BCUT2D eigenvalue weighted by atomic mass is 10.0. The first-order valence-electron chi connectivity index (χ1n) is 4.24. The van der Waals surface area contributed by atoms with Gasteiger partial charge in [-0.15, -0.1) is 0 Å². The van der Waals surface area contributed by atoms with E-state index in [1.807, 2.05) is 0 Å². The number of H-pyrrole nitrogens is 1. The Hall–Kier alpha value is -1.36. The molecule has 13 heavy (non-hydrogen) atoms. The van der Waals surface area contributed by atoms with Crippen LogP contribution in [-0.2, 0) is 11.2 Å². The van der Waals surface area contributed by atoms with Crippen LogP contribution in [0.5, 0.6) is 0 Å². The Bertz CT molecular complexity index is 321. The molecule has 1 atom stereocenters. The van der Waals surface area contributed by atoms with E-state index in [1.165, 1.54) is 0 Å². The smallest absolute Gasteiger partial charge is 0.305 e. The molecule has 0 radical (unpaired) electrons. The zero-order valence-electron chi connectivity index (χ0n) is 7.08. The third-order valence-corrected chi connectivity index (χ3v) is 2.26. The van der Waals surface area contributed by atoms with Crippen molar-refractivity contribution in [2.24, 2.45) is 0 Å². The van der Waals surface area contributed by atoms with Gasteiger partial charge in [-0.2, -0.15) is 5.10 Å². The molecular formula is C8H11N3O2. The molecule has 1 aliphatic heterocycles. The molecule has 0 saturated carbocycles. The molecule has 3 N–H and O–H groups in total. The van der Waals surface area contributed by atoms with Crippen LogP contribution in [-0.4, -0.2) is 27.8 Å². The fraction of sp³-hybridized carbons (Fsp3) is 0.500. The number of carbonyl (C=O) groups is 1. The molecule has 0 aliphatic carbocycles. The monoisotopic (exact) mass is 181 g/mol. The standard InChI is InChI=1S/C8H11N3O2/c12-7(13)3-6-8-5(1-2-9-6)4-10-11-8/h4,6,9H,1-3H2,(H,10,11)(H,12,13). The van der Waals surface area contributed by atoms with Crippen LogP contribution in [0, 0.1) is 0 Å². The summed E-state index contributed by atoms with van der Waals surface area (Å²) >= 11 is 0. The van der Waals surface area contributed by atoms with Crippen LogP contribution in [0.2, 0.25) is 0 Å². The number of rotatable bonds is 2. The summed E-state index contributed by atoms with van der Waals surface area (Å²) in [6.07, 6.45) is 2.79. The lowest BCUT2D eigenvalue weighted by Gasteiger charge is -2.21. The van der Waals surface area contributed by atoms with E-state index in [0.717, 1.165) is 24.2 Å². The van der Waals surface area contributed by atoms with Gasteiger partial charge in [0.1, 0.15) is 0 Å². The van der Waals surface area contributed by atoms with Crippen molar-refractivity contribution in [3.05, 3.63) is 17.5 Å². The van der Waals surface area contributed by atoms with Crippen molar-refractivity contribution >= 4 is 5.97 Å². The molecule has 1 aromatic rings. The first-order valence-corrected chi connectivity index (χ1v) is 4.24. The van der Waals surface area contributed by atoms with Crippen molar-refractivity contribution in [2.45, 2.75) is 18.9 Å². The lowest BCUT2D eigenvalue weighted by molar-refractivity contribution is -0.137. The van der Waals surface area contributed by atoms with Crippen molar-refractivity contribution in [2.75, 3.05) is 6.54 Å². The number of hydrogen-bond acceptors (Lipinski definition) is 3. The van der Waals surface area contributed by atoms with Crippen molar-refractivity contribution in [1.82, 2.24) is 15.5 Å². The van der Waals surface area contributed by atoms with Crippen molar-refractivity contribution in [1.29, 1.82) is 0 Å². The molecule has 1 unspecified atom stereocenters. The van der Waals surface area contributed by atoms with Gasteiger partial charge >= 0.3 is 5.97 Å². The minimum absolute atomic E-state index is 0.106. The summed E-state index contributed by atoms with van der Waals surface area (Å²) in [7, 11) is 0. The second-order valence-corrected chi connectivity index (χ2v) is 3.16. The van der Waals surface area contributed by atoms with Gasteiger partial charge in [0, 0.05) is 0 Å². The molecule has 0 bridgehead atoms. The van der Waals surface area contributed by atoms with Crippen LogP contribution >= 0.6 is 0 Å². The highest BCUT2D eigenvalue weighted by atomic mass is 16.4. The fourth-order valence-electron chi connectivity index (χ4n) is 1.65. The second kappa shape index (κ2) is 3.18. The highest BCUT2D eigenvalue weighted by Crippen LogP contribution is 2.22. The van der Waals surface area contributed by atoms with Crippen LogP contribution < -0.4 is 5.32 Å². The molecule has 70 valence electrons. The van der Waals surface area contributed by atoms with Crippen molar-refractivity contribution < 1.29 is 9.90 Å². The van der Waals surface area contributed by atoms with E-state index < -0.39 is 5.97 Å². The summed E-state index contributed by atoms with van der Waals surface area (Å²) in [6.45, 7) is 0.824. The Kier molecular flexibility index (Phi) is 2.02. The van der Waals surface area contributed by atoms with E-state index >= 15 is 0 Å². The largest absolute Gasteiger partial charge is 0.481 e. The van der Waals surface area contributed by atoms with E-state index in [9.17, 15) is 4.79 Å². The number of aromatic amines is 1. The molecule has 1 aromatic heterocycles. The summed E-state index contributed by atoms with van der Waals surface area (Å²) in [4.78, 5) is 10.5. The average molecular weight is 181 g/mol. The Morgan fingerprint density at radius 3 is 3.38 bits per heavy atom. The Morgan fingerprint density at radius 1 is 1.77 bits per heavy atom. The number of aliphatic carboxylic acids is 1. The van der Waals surface area contributed by atoms with Gasteiger partial charge in [-0.3, -0.25) is 9.89 Å². The molecule has 1 aliphatic rings. The predicted molar refractivity (Wildman–Crippen MR) is 45.3 cm³/mol. The maximum Gasteiger partial charge on any atom is 0.305 e. The number of carboxylic acids is 1. The summed E-state index contributed by atoms with van der Waals surface area (Å²) < 4.78 is 0. The van der Waals surface area contributed by atoms with Crippen LogP contribution in [0.15, 0.2) is 6.20 Å². The lowest BCUT2D eigenvalue weighted by Crippen LogP contribution is -2.31. The van der Waals surface area contributed by atoms with Gasteiger partial charge in [0.15, 0.2) is 0 Å². The summed E-state index contributed by atoms with van der Waals surface area (Å²) in [6, 6.07) is -0.108. The van der Waals surface area contributed by atoms with Crippen LogP contribution in [0.25, 0.3) is 0 Å². The molecule has 0 aromatic carbocycles. The Morgan fingerprint density at radius 2 is 2.62 bits per heavy atom. The van der Waals surface area contributed by atoms with E-state index in [-0.39, 0.29) is 12.5 Å². The quantitative estimate of drug-likeness (QED) is 0.603. The minimum atomic E-state index is -0.792. The molecule has 0 saturated heterocycles. The predicted octanol–water partition coefficient (Wildman–Crippen LogP) is 0.0712. The minimum Gasteiger partial charge on any atom is -0.481 e. The average Bonchev–Trinajstić information content (AvgIpc) is 2.51. The van der Waals surface area contributed by atoms with Crippen LogP contribution in [0.1, 0.15) is 23.7 Å². The Labute approximate surface area is 75.2 Å². The molecule has 5 nitrogen and oxygen atoms in total. The third kappa shape index (κ3) is 1.55. The number of aromatic nitrogens is 2. The number of nitrogens with zero attached hydrogens (tertiary/aromatic N) is 1. The van der Waals surface area contributed by atoms with Gasteiger partial charge < -0.3 is 10.4 Å². The molecule has 5 heteroatoms. The van der Waals surface area contributed by atoms with E-state index in [0.29, 0.717) is 0 Å². The summed E-state index contributed by atoms with van der Waals surface area (Å²) in [5.41, 5.74) is 2.05. The third-order valence-electron chi connectivity index (χ3n) is 2.26. The highest BCUT2D eigenvalue weighted by molar-refractivity contribution is 5.68. The fourth-order valence-corrected chi connectivity index (χ4v) is 1.65. The van der Waals surface area contributed by atoms with E-state index in [4.69, 9.17) is 5.11 Å². The van der Waals surface area contributed by atoms with Gasteiger partial charge in [-0.05, 0) is 18.5 Å². The first kappa shape index (κ1) is 8.25. The molecular weight excluding hydrogens is 170 g/mol. The summed E-state index contributed by atoms with van der Waals surface area (Å²) in [5, 5.41) is 18.5. The number of carboxylic acid groups (broad SMARTS) is 1. The van der Waals surface area contributed by atoms with Gasteiger partial charge in [-0.1, -0.05) is 0 Å². The molecule has 0 amide bonds. The van der Waals surface area contributed by atoms with Crippen molar-refractivity contribution in [3.8, 4) is 0 Å². The highest BCUT2D eigenvalue weighted by Gasteiger charge is 2.23. The first-order chi connectivity index (χ1) is 6.27.